The summed E-state index contributed by atoms with van der Waals surface area (Å²) >= 11 is 1.64. The van der Waals surface area contributed by atoms with E-state index in [4.69, 9.17) is 4.74 Å². The number of rotatable bonds is 7. The zero-order valence-corrected chi connectivity index (χ0v) is 13.2. The Morgan fingerprint density at radius 3 is 2.61 bits per heavy atom. The van der Waals surface area contributed by atoms with Crippen LogP contribution in [0.3, 0.4) is 0 Å². The number of ether oxygens (including phenoxy) is 1. The predicted octanol–water partition coefficient (Wildman–Crippen LogP) is 3.97. The average molecular weight is 329 g/mol. The molecule has 1 heterocycles. The predicted molar refractivity (Wildman–Crippen MR) is 88.6 cm³/mol. The molecule has 3 rings (SSSR count). The van der Waals surface area contributed by atoms with Crippen LogP contribution >= 0.6 is 11.8 Å². The smallest absolute Gasteiger partial charge is 0.195 e. The van der Waals surface area contributed by atoms with Crippen molar-refractivity contribution < 1.29 is 9.13 Å². The Morgan fingerprint density at radius 1 is 1.04 bits per heavy atom. The van der Waals surface area contributed by atoms with Gasteiger partial charge in [-0.25, -0.2) is 4.39 Å². The molecule has 0 saturated heterocycles. The van der Waals surface area contributed by atoms with Crippen molar-refractivity contribution in [1.82, 2.24) is 14.8 Å². The summed E-state index contributed by atoms with van der Waals surface area (Å²) in [4.78, 5) is 0. The normalized spacial score (nSPS) is 10.7. The number of para-hydroxylation sites is 1. The summed E-state index contributed by atoms with van der Waals surface area (Å²) < 4.78 is 20.3. The topological polar surface area (TPSA) is 39.9 Å². The lowest BCUT2D eigenvalue weighted by Gasteiger charge is -2.07. The van der Waals surface area contributed by atoms with E-state index in [2.05, 4.69) is 10.2 Å². The van der Waals surface area contributed by atoms with Crippen molar-refractivity contribution in [2.45, 2.75) is 11.6 Å². The molecule has 0 amide bonds. The zero-order valence-electron chi connectivity index (χ0n) is 12.4. The average Bonchev–Trinajstić information content (AvgIpc) is 3.05. The van der Waals surface area contributed by atoms with Gasteiger partial charge in [-0.1, -0.05) is 30.0 Å². The van der Waals surface area contributed by atoms with E-state index in [1.54, 1.807) is 30.2 Å². The summed E-state index contributed by atoms with van der Waals surface area (Å²) in [7, 11) is 0. The van der Waals surface area contributed by atoms with E-state index in [9.17, 15) is 4.39 Å². The molecule has 0 aliphatic rings. The van der Waals surface area contributed by atoms with Crippen LogP contribution in [0.15, 0.2) is 66.1 Å². The highest BCUT2D eigenvalue weighted by molar-refractivity contribution is 7.99. The molecule has 0 N–H and O–H groups in total. The molecule has 6 heteroatoms. The quantitative estimate of drug-likeness (QED) is 0.486. The molecule has 2 aromatic carbocycles. The third-order valence-electron chi connectivity index (χ3n) is 3.15. The molecule has 23 heavy (non-hydrogen) atoms. The summed E-state index contributed by atoms with van der Waals surface area (Å²) in [6.07, 6.45) is 2.58. The second kappa shape index (κ2) is 7.78. The molecule has 0 saturated carbocycles. The second-order valence-corrected chi connectivity index (χ2v) is 5.89. The molecule has 0 atom stereocenters. The fraction of sp³-hybridized carbons (Fsp3) is 0.176. The molecule has 1 aromatic heterocycles. The number of aromatic nitrogens is 3. The highest BCUT2D eigenvalue weighted by Gasteiger charge is 2.06. The van der Waals surface area contributed by atoms with Crippen molar-refractivity contribution in [3.8, 4) is 11.4 Å². The number of hydrogen-bond donors (Lipinski definition) is 0. The van der Waals surface area contributed by atoms with Gasteiger partial charge in [-0.3, -0.25) is 4.57 Å². The Hall–Kier alpha value is -2.34. The minimum atomic E-state index is -0.256. The van der Waals surface area contributed by atoms with Crippen LogP contribution in [-0.2, 0) is 0 Å². The second-order valence-electron chi connectivity index (χ2n) is 4.82. The lowest BCUT2D eigenvalue weighted by Crippen LogP contribution is -2.00. The monoisotopic (exact) mass is 329 g/mol. The standard InChI is InChI=1S/C17H16FN3OS/c18-14-7-9-16(10-8-14)22-11-4-12-23-17-20-19-13-21(17)15-5-2-1-3-6-15/h1-3,5-10,13H,4,11-12H2. The van der Waals surface area contributed by atoms with Crippen molar-refractivity contribution in [1.29, 1.82) is 0 Å². The third kappa shape index (κ3) is 4.32. The molecule has 0 unspecified atom stereocenters. The Morgan fingerprint density at radius 2 is 1.83 bits per heavy atom. The van der Waals surface area contributed by atoms with Gasteiger partial charge in [0, 0.05) is 11.4 Å². The van der Waals surface area contributed by atoms with Crippen LogP contribution in [-0.4, -0.2) is 27.1 Å². The van der Waals surface area contributed by atoms with Crippen LogP contribution in [0.2, 0.25) is 0 Å². The number of nitrogens with zero attached hydrogens (tertiary/aromatic N) is 3. The molecule has 4 nitrogen and oxygen atoms in total. The van der Waals surface area contributed by atoms with E-state index in [0.29, 0.717) is 12.4 Å². The maximum absolute atomic E-state index is 12.8. The van der Waals surface area contributed by atoms with E-state index in [0.717, 1.165) is 23.0 Å². The molecule has 3 aromatic rings. The van der Waals surface area contributed by atoms with Crippen LogP contribution in [0.4, 0.5) is 4.39 Å². The van der Waals surface area contributed by atoms with Gasteiger partial charge in [0.05, 0.1) is 6.61 Å². The molecule has 118 valence electrons. The first-order valence-electron chi connectivity index (χ1n) is 7.29. The van der Waals surface area contributed by atoms with E-state index in [1.165, 1.54) is 12.1 Å². The van der Waals surface area contributed by atoms with Gasteiger partial charge >= 0.3 is 0 Å². The highest BCUT2D eigenvalue weighted by Crippen LogP contribution is 2.20. The Kier molecular flexibility index (Phi) is 5.26. The summed E-state index contributed by atoms with van der Waals surface area (Å²) in [6, 6.07) is 16.0. The largest absolute Gasteiger partial charge is 0.494 e. The lowest BCUT2D eigenvalue weighted by atomic mass is 10.3. The maximum Gasteiger partial charge on any atom is 0.195 e. The van der Waals surface area contributed by atoms with Crippen LogP contribution in [0, 0.1) is 5.82 Å². The van der Waals surface area contributed by atoms with Crippen molar-refractivity contribution in [3.05, 3.63) is 66.7 Å². The van der Waals surface area contributed by atoms with Crippen molar-refractivity contribution in [2.24, 2.45) is 0 Å². The van der Waals surface area contributed by atoms with Crippen LogP contribution < -0.4 is 4.74 Å². The molecule has 0 aliphatic heterocycles. The van der Waals surface area contributed by atoms with Crippen LogP contribution in [0.5, 0.6) is 5.75 Å². The fourth-order valence-electron chi connectivity index (χ4n) is 2.03. The number of benzene rings is 2. The Labute approximate surface area is 138 Å². The molecular weight excluding hydrogens is 313 g/mol. The minimum Gasteiger partial charge on any atom is -0.494 e. The van der Waals surface area contributed by atoms with E-state index in [-0.39, 0.29) is 5.82 Å². The fourth-order valence-corrected chi connectivity index (χ4v) is 2.87. The summed E-state index contributed by atoms with van der Waals surface area (Å²) in [6.45, 7) is 0.581. The summed E-state index contributed by atoms with van der Waals surface area (Å²) in [5.74, 6) is 1.30. The van der Waals surface area contributed by atoms with Gasteiger partial charge in [0.1, 0.15) is 17.9 Å². The van der Waals surface area contributed by atoms with Crippen LogP contribution in [0.25, 0.3) is 5.69 Å². The molecule has 0 radical (unpaired) electrons. The van der Waals surface area contributed by atoms with Crippen LogP contribution in [0.1, 0.15) is 6.42 Å². The summed E-state index contributed by atoms with van der Waals surface area (Å²) in [5.41, 5.74) is 1.04. The molecule has 0 aliphatic carbocycles. The highest BCUT2D eigenvalue weighted by atomic mass is 32.2. The van der Waals surface area contributed by atoms with Gasteiger partial charge in [-0.15, -0.1) is 10.2 Å². The Balaban J connectivity index is 1.46. The molecule has 0 bridgehead atoms. The first-order valence-corrected chi connectivity index (χ1v) is 8.28. The van der Waals surface area contributed by atoms with Gasteiger partial charge in [-0.2, -0.15) is 0 Å². The first kappa shape index (κ1) is 15.6. The van der Waals surface area contributed by atoms with E-state index in [1.807, 2.05) is 34.9 Å². The first-order chi connectivity index (χ1) is 11.3. The number of halogens is 1. The number of hydrogen-bond acceptors (Lipinski definition) is 4. The SMILES string of the molecule is Fc1ccc(OCCCSc2nncn2-c2ccccc2)cc1. The van der Waals surface area contributed by atoms with Crippen molar-refractivity contribution in [3.63, 3.8) is 0 Å². The number of thioether (sulfide) groups is 1. The summed E-state index contributed by atoms with van der Waals surface area (Å²) in [5, 5.41) is 8.99. The minimum absolute atomic E-state index is 0.256. The molecule has 0 fully saturated rings. The van der Waals surface area contributed by atoms with Gasteiger partial charge < -0.3 is 4.74 Å². The zero-order chi connectivity index (χ0) is 15.9. The lowest BCUT2D eigenvalue weighted by molar-refractivity contribution is 0.318. The maximum atomic E-state index is 12.8. The van der Waals surface area contributed by atoms with Gasteiger partial charge in [0.15, 0.2) is 5.16 Å². The van der Waals surface area contributed by atoms with Gasteiger partial charge in [0.2, 0.25) is 0 Å². The Bertz CT molecular complexity index is 731. The van der Waals surface area contributed by atoms with Gasteiger partial charge in [0.25, 0.3) is 0 Å². The third-order valence-corrected chi connectivity index (χ3v) is 4.18. The molecule has 0 spiro atoms. The van der Waals surface area contributed by atoms with Crippen molar-refractivity contribution >= 4 is 11.8 Å². The van der Waals surface area contributed by atoms with E-state index >= 15 is 0 Å². The van der Waals surface area contributed by atoms with E-state index < -0.39 is 0 Å². The van der Waals surface area contributed by atoms with Crippen molar-refractivity contribution in [2.75, 3.05) is 12.4 Å². The molecular formula is C17H16FN3OS. The van der Waals surface area contributed by atoms with Gasteiger partial charge in [-0.05, 0) is 42.8 Å².